The molecule has 7 heteroatoms. The number of anilines is 2. The number of hydrogen-bond acceptors (Lipinski definition) is 5. The Bertz CT molecular complexity index is 774. The van der Waals surface area contributed by atoms with E-state index in [1.807, 2.05) is 6.92 Å². The first kappa shape index (κ1) is 18.1. The largest absolute Gasteiger partial charge is 0.393 e. The Morgan fingerprint density at radius 3 is 2.50 bits per heavy atom. The molecule has 1 aliphatic heterocycles. The van der Waals surface area contributed by atoms with E-state index in [0.29, 0.717) is 12.8 Å². The van der Waals surface area contributed by atoms with Crippen molar-refractivity contribution >= 4 is 17.1 Å². The number of non-ortho nitro benzene ring substituents is 1. The Kier molecular flexibility index (Phi) is 5.37. The lowest BCUT2D eigenvalue weighted by Gasteiger charge is -2.34. The Balaban J connectivity index is 1.80. The molecule has 1 heterocycles. The normalized spacial score (nSPS) is 16.3. The number of aliphatic hydroxyl groups excluding tert-OH is 1. The van der Waals surface area contributed by atoms with Crippen LogP contribution in [-0.4, -0.2) is 29.2 Å². The van der Waals surface area contributed by atoms with Gasteiger partial charge in [0.05, 0.1) is 17.1 Å². The SMILES string of the molecule is CC(Nc1ccc([N+](=O)[O-])cc1)c1cc(F)ccc1N1CCC(O)CC1. The van der Waals surface area contributed by atoms with E-state index in [1.165, 1.54) is 24.3 Å². The number of hydrogen-bond donors (Lipinski definition) is 2. The third kappa shape index (κ3) is 4.11. The third-order valence-corrected chi connectivity index (χ3v) is 4.72. The van der Waals surface area contributed by atoms with Crippen LogP contribution < -0.4 is 10.2 Å². The summed E-state index contributed by atoms with van der Waals surface area (Å²) in [6.45, 7) is 3.38. The van der Waals surface area contributed by atoms with E-state index in [4.69, 9.17) is 0 Å². The standard InChI is InChI=1S/C19H22FN3O3/c1-13(21-15-3-5-16(6-4-15)23(25)26)18-12-14(20)2-7-19(18)22-10-8-17(24)9-11-22/h2-7,12-13,17,21,24H,8-11H2,1H3. The molecule has 0 aliphatic carbocycles. The molecule has 1 saturated heterocycles. The Morgan fingerprint density at radius 2 is 1.88 bits per heavy atom. The van der Waals surface area contributed by atoms with E-state index < -0.39 is 4.92 Å². The maximum Gasteiger partial charge on any atom is 0.269 e. The number of halogens is 1. The second-order valence-corrected chi connectivity index (χ2v) is 6.59. The highest BCUT2D eigenvalue weighted by molar-refractivity contribution is 5.58. The van der Waals surface area contributed by atoms with Crippen LogP contribution in [0.4, 0.5) is 21.5 Å². The predicted molar refractivity (Wildman–Crippen MR) is 99.0 cm³/mol. The first-order chi connectivity index (χ1) is 12.4. The van der Waals surface area contributed by atoms with Crippen LogP contribution >= 0.6 is 0 Å². The highest BCUT2D eigenvalue weighted by atomic mass is 19.1. The minimum Gasteiger partial charge on any atom is -0.393 e. The monoisotopic (exact) mass is 359 g/mol. The van der Waals surface area contributed by atoms with Crippen molar-refractivity contribution in [1.29, 1.82) is 0 Å². The summed E-state index contributed by atoms with van der Waals surface area (Å²) in [7, 11) is 0. The number of benzene rings is 2. The fourth-order valence-corrected chi connectivity index (χ4v) is 3.27. The lowest BCUT2D eigenvalue weighted by molar-refractivity contribution is -0.384. The minimum atomic E-state index is -0.442. The average molecular weight is 359 g/mol. The van der Waals surface area contributed by atoms with E-state index in [0.717, 1.165) is 30.0 Å². The molecule has 3 rings (SSSR count). The van der Waals surface area contributed by atoms with Crippen LogP contribution in [0.5, 0.6) is 0 Å². The molecule has 26 heavy (non-hydrogen) atoms. The van der Waals surface area contributed by atoms with Crippen molar-refractivity contribution in [2.75, 3.05) is 23.3 Å². The molecule has 0 bridgehead atoms. The summed E-state index contributed by atoms with van der Waals surface area (Å²) in [4.78, 5) is 12.5. The fraction of sp³-hybridized carbons (Fsp3) is 0.368. The van der Waals surface area contributed by atoms with Crippen molar-refractivity contribution in [2.45, 2.75) is 31.9 Å². The fourth-order valence-electron chi connectivity index (χ4n) is 3.27. The zero-order valence-corrected chi connectivity index (χ0v) is 14.6. The van der Waals surface area contributed by atoms with Gasteiger partial charge in [0.2, 0.25) is 0 Å². The highest BCUT2D eigenvalue weighted by Gasteiger charge is 2.22. The van der Waals surface area contributed by atoms with E-state index in [1.54, 1.807) is 18.2 Å². The molecule has 0 saturated carbocycles. The van der Waals surface area contributed by atoms with Crippen LogP contribution in [0.2, 0.25) is 0 Å². The molecule has 138 valence electrons. The van der Waals surface area contributed by atoms with Gasteiger partial charge in [-0.05, 0) is 50.1 Å². The maximum atomic E-state index is 13.9. The van der Waals surface area contributed by atoms with Crippen LogP contribution in [0.1, 0.15) is 31.4 Å². The highest BCUT2D eigenvalue weighted by Crippen LogP contribution is 2.31. The van der Waals surface area contributed by atoms with Gasteiger partial charge in [-0.2, -0.15) is 0 Å². The van der Waals surface area contributed by atoms with Crippen LogP contribution in [0.15, 0.2) is 42.5 Å². The van der Waals surface area contributed by atoms with Gasteiger partial charge < -0.3 is 15.3 Å². The van der Waals surface area contributed by atoms with Crippen molar-refractivity contribution in [2.24, 2.45) is 0 Å². The van der Waals surface area contributed by atoms with Crippen molar-refractivity contribution in [3.05, 3.63) is 64.0 Å². The van der Waals surface area contributed by atoms with Crippen molar-refractivity contribution < 1.29 is 14.4 Å². The molecule has 0 amide bonds. The average Bonchev–Trinajstić information content (AvgIpc) is 2.63. The Labute approximate surface area is 151 Å². The van der Waals surface area contributed by atoms with E-state index in [9.17, 15) is 19.6 Å². The van der Waals surface area contributed by atoms with Gasteiger partial charge in [-0.15, -0.1) is 0 Å². The molecule has 2 aromatic rings. The smallest absolute Gasteiger partial charge is 0.269 e. The molecule has 1 fully saturated rings. The van der Waals surface area contributed by atoms with Crippen LogP contribution in [0, 0.1) is 15.9 Å². The number of piperidine rings is 1. The van der Waals surface area contributed by atoms with E-state index in [2.05, 4.69) is 10.2 Å². The lowest BCUT2D eigenvalue weighted by Crippen LogP contribution is -2.36. The van der Waals surface area contributed by atoms with Crippen molar-refractivity contribution in [3.63, 3.8) is 0 Å². The maximum absolute atomic E-state index is 13.9. The van der Waals surface area contributed by atoms with Gasteiger partial charge in [-0.3, -0.25) is 10.1 Å². The number of nitrogens with zero attached hydrogens (tertiary/aromatic N) is 2. The predicted octanol–water partition coefficient (Wildman–Crippen LogP) is 3.87. The summed E-state index contributed by atoms with van der Waals surface area (Å²) < 4.78 is 13.9. The molecule has 0 spiro atoms. The summed E-state index contributed by atoms with van der Waals surface area (Å²) in [5, 5.41) is 23.7. The Hall–Kier alpha value is -2.67. The molecule has 2 aromatic carbocycles. The first-order valence-corrected chi connectivity index (χ1v) is 8.67. The van der Waals surface area contributed by atoms with Gasteiger partial charge in [0.15, 0.2) is 0 Å². The zero-order valence-electron chi connectivity index (χ0n) is 14.6. The van der Waals surface area contributed by atoms with E-state index >= 15 is 0 Å². The molecule has 6 nitrogen and oxygen atoms in total. The minimum absolute atomic E-state index is 0.0292. The van der Waals surface area contributed by atoms with Crippen LogP contribution in [-0.2, 0) is 0 Å². The number of aliphatic hydroxyl groups is 1. The molecule has 2 N–H and O–H groups in total. The van der Waals surface area contributed by atoms with Gasteiger partial charge in [0.25, 0.3) is 5.69 Å². The summed E-state index contributed by atoms with van der Waals surface area (Å²) in [5.74, 6) is -0.307. The molecule has 0 aromatic heterocycles. The molecular weight excluding hydrogens is 337 g/mol. The topological polar surface area (TPSA) is 78.6 Å². The molecular formula is C19H22FN3O3. The van der Waals surface area contributed by atoms with Gasteiger partial charge in [-0.25, -0.2) is 4.39 Å². The molecule has 1 atom stereocenters. The van der Waals surface area contributed by atoms with E-state index in [-0.39, 0.29) is 23.7 Å². The quantitative estimate of drug-likeness (QED) is 0.626. The van der Waals surface area contributed by atoms with Gasteiger partial charge >= 0.3 is 0 Å². The number of nitrogens with one attached hydrogen (secondary N) is 1. The van der Waals surface area contributed by atoms with Crippen LogP contribution in [0.3, 0.4) is 0 Å². The second kappa shape index (κ2) is 7.70. The number of rotatable bonds is 5. The summed E-state index contributed by atoms with van der Waals surface area (Å²) in [6, 6.07) is 10.7. The summed E-state index contributed by atoms with van der Waals surface area (Å²) in [5.41, 5.74) is 2.52. The van der Waals surface area contributed by atoms with Crippen LogP contribution in [0.25, 0.3) is 0 Å². The summed E-state index contributed by atoms with van der Waals surface area (Å²) in [6.07, 6.45) is 1.12. The molecule has 1 unspecified atom stereocenters. The number of nitro groups is 1. The third-order valence-electron chi connectivity index (χ3n) is 4.72. The van der Waals surface area contributed by atoms with Gasteiger partial charge in [-0.1, -0.05) is 0 Å². The van der Waals surface area contributed by atoms with Crippen molar-refractivity contribution in [1.82, 2.24) is 0 Å². The summed E-state index contributed by atoms with van der Waals surface area (Å²) >= 11 is 0. The molecule has 1 aliphatic rings. The van der Waals surface area contributed by atoms with Crippen molar-refractivity contribution in [3.8, 4) is 0 Å². The van der Waals surface area contributed by atoms with Gasteiger partial charge in [0, 0.05) is 42.2 Å². The zero-order chi connectivity index (χ0) is 18.7. The lowest BCUT2D eigenvalue weighted by atomic mass is 10.0. The molecule has 0 radical (unpaired) electrons. The second-order valence-electron chi connectivity index (χ2n) is 6.59. The number of nitro benzene ring substituents is 1. The van der Waals surface area contributed by atoms with Gasteiger partial charge in [0.1, 0.15) is 5.82 Å². The first-order valence-electron chi connectivity index (χ1n) is 8.67. The Morgan fingerprint density at radius 1 is 1.23 bits per heavy atom.